The molecule has 0 spiro atoms. The molecular formula is C16H31N7O4S. The number of unbranched alkanes of at least 4 members (excludes halogenated alkanes) is 3. The second-order valence-electron chi connectivity index (χ2n) is 7.08. The Hall–Kier alpha value is -1.73. The van der Waals surface area contributed by atoms with Crippen molar-refractivity contribution in [2.24, 2.45) is 16.9 Å². The fourth-order valence-corrected chi connectivity index (χ4v) is 3.69. The average molecular weight is 418 g/mol. The van der Waals surface area contributed by atoms with E-state index in [2.05, 4.69) is 26.4 Å². The number of aliphatic hydroxyl groups is 1. The van der Waals surface area contributed by atoms with Crippen LogP contribution in [-0.2, 0) is 14.5 Å². The van der Waals surface area contributed by atoms with Crippen molar-refractivity contribution in [1.29, 1.82) is 0 Å². The van der Waals surface area contributed by atoms with Crippen LogP contribution in [0.25, 0.3) is 0 Å². The molecule has 2 rings (SSSR count). The van der Waals surface area contributed by atoms with Gasteiger partial charge in [0.25, 0.3) is 0 Å². The van der Waals surface area contributed by atoms with Gasteiger partial charge in [-0.2, -0.15) is 8.42 Å². The molecule has 3 atom stereocenters. The Morgan fingerprint density at radius 3 is 2.75 bits per heavy atom. The van der Waals surface area contributed by atoms with Crippen molar-refractivity contribution >= 4 is 27.6 Å². The average Bonchev–Trinajstić information content (AvgIpc) is 3.01. The lowest BCUT2D eigenvalue weighted by molar-refractivity contribution is 0.101. The smallest absolute Gasteiger partial charge is 0.333 e. The molecule has 0 saturated heterocycles. The molecule has 1 aromatic heterocycles. The Morgan fingerprint density at radius 2 is 2.07 bits per heavy atom. The fourth-order valence-electron chi connectivity index (χ4n) is 3.33. The molecule has 1 aliphatic carbocycles. The Bertz CT molecular complexity index is 734. The Kier molecular flexibility index (Phi) is 8.19. The van der Waals surface area contributed by atoms with Crippen LogP contribution in [0.2, 0.25) is 0 Å². The maximum absolute atomic E-state index is 11.0. The fraction of sp³-hybridized carbons (Fsp3) is 0.750. The predicted octanol–water partition coefficient (Wildman–Crippen LogP) is 0.0907. The molecule has 160 valence electrons. The summed E-state index contributed by atoms with van der Waals surface area (Å²) in [5.74, 6) is 6.68. The number of nitrogens with one attached hydrogen (secondary N) is 1. The van der Waals surface area contributed by atoms with Gasteiger partial charge < -0.3 is 16.2 Å². The van der Waals surface area contributed by atoms with Gasteiger partial charge >= 0.3 is 10.3 Å². The van der Waals surface area contributed by atoms with Crippen LogP contribution < -0.4 is 27.0 Å². The molecule has 28 heavy (non-hydrogen) atoms. The first-order valence-corrected chi connectivity index (χ1v) is 10.9. The summed E-state index contributed by atoms with van der Waals surface area (Å²) in [4.78, 5) is 8.35. The number of aliphatic hydroxyl groups excluding tert-OH is 1. The molecule has 8 N–H and O–H groups in total. The van der Waals surface area contributed by atoms with Crippen molar-refractivity contribution in [3.63, 3.8) is 0 Å². The number of hydrogen-bond acceptors (Lipinski definition) is 10. The first-order chi connectivity index (χ1) is 13.2. The highest BCUT2D eigenvalue weighted by molar-refractivity contribution is 7.84. The van der Waals surface area contributed by atoms with E-state index in [0.29, 0.717) is 30.2 Å². The standard InChI is InChI=1S/C16H31N7O4S/c1-2-3-4-5-6-20-15-14(17)16(22-10-21-15)23(18)12-7-11(13(24)8-12)9-27-28(19,25)26/h10-13,24H,2-9,17-18H2,1H3,(H2,19,25,26)(H,20,21,22). The van der Waals surface area contributed by atoms with Crippen LogP contribution in [0.1, 0.15) is 45.4 Å². The van der Waals surface area contributed by atoms with Crippen molar-refractivity contribution in [1.82, 2.24) is 9.97 Å². The molecule has 3 unspecified atom stereocenters. The van der Waals surface area contributed by atoms with E-state index in [1.165, 1.54) is 24.2 Å². The topological polar surface area (TPSA) is 183 Å². The van der Waals surface area contributed by atoms with E-state index < -0.39 is 22.3 Å². The van der Waals surface area contributed by atoms with Gasteiger partial charge in [0.1, 0.15) is 12.0 Å². The molecular weight excluding hydrogens is 386 g/mol. The second kappa shape index (κ2) is 10.2. The summed E-state index contributed by atoms with van der Waals surface area (Å²) in [5.41, 5.74) is 6.52. The van der Waals surface area contributed by atoms with Gasteiger partial charge in [0.15, 0.2) is 11.6 Å². The van der Waals surface area contributed by atoms with E-state index in [4.69, 9.17) is 16.7 Å². The van der Waals surface area contributed by atoms with E-state index in [0.717, 1.165) is 19.4 Å². The SMILES string of the molecule is CCCCCCNc1ncnc(N(N)C2CC(O)C(COS(N)(=O)=O)C2)c1N. The first-order valence-electron chi connectivity index (χ1n) is 9.46. The largest absolute Gasteiger partial charge is 0.393 e. The normalized spacial score (nSPS) is 22.4. The molecule has 12 heteroatoms. The molecule has 1 saturated carbocycles. The number of nitrogen functional groups attached to an aromatic ring is 1. The van der Waals surface area contributed by atoms with Crippen molar-refractivity contribution in [2.75, 3.05) is 29.2 Å². The second-order valence-corrected chi connectivity index (χ2v) is 8.31. The molecule has 0 amide bonds. The van der Waals surface area contributed by atoms with Crippen molar-refractivity contribution < 1.29 is 17.7 Å². The molecule has 0 aromatic carbocycles. The summed E-state index contributed by atoms with van der Waals surface area (Å²) in [6, 6.07) is -0.279. The lowest BCUT2D eigenvalue weighted by atomic mass is 10.1. The Labute approximate surface area is 165 Å². The zero-order chi connectivity index (χ0) is 20.7. The van der Waals surface area contributed by atoms with E-state index in [9.17, 15) is 13.5 Å². The van der Waals surface area contributed by atoms with Crippen LogP contribution in [0.15, 0.2) is 6.33 Å². The third kappa shape index (κ3) is 6.41. The van der Waals surface area contributed by atoms with Gasteiger partial charge in [0.2, 0.25) is 0 Å². The number of hydrazine groups is 1. The zero-order valence-electron chi connectivity index (χ0n) is 16.1. The monoisotopic (exact) mass is 417 g/mol. The summed E-state index contributed by atoms with van der Waals surface area (Å²) in [7, 11) is -4.06. The number of hydrogen-bond donors (Lipinski definition) is 5. The molecule has 0 radical (unpaired) electrons. The molecule has 1 aliphatic rings. The van der Waals surface area contributed by atoms with Crippen LogP contribution in [0, 0.1) is 5.92 Å². The lowest BCUT2D eigenvalue weighted by Gasteiger charge is -2.26. The minimum atomic E-state index is -4.06. The van der Waals surface area contributed by atoms with Gasteiger partial charge in [-0.25, -0.2) is 20.9 Å². The van der Waals surface area contributed by atoms with Crippen LogP contribution in [-0.4, -0.2) is 48.8 Å². The van der Waals surface area contributed by atoms with Gasteiger partial charge in [-0.1, -0.05) is 26.2 Å². The summed E-state index contributed by atoms with van der Waals surface area (Å²) >= 11 is 0. The molecule has 1 heterocycles. The summed E-state index contributed by atoms with van der Waals surface area (Å²) in [6.07, 6.45) is 5.85. The summed E-state index contributed by atoms with van der Waals surface area (Å²) in [5, 5.41) is 19.6. The number of nitrogens with two attached hydrogens (primary N) is 3. The third-order valence-corrected chi connectivity index (χ3v) is 5.37. The van der Waals surface area contributed by atoms with E-state index >= 15 is 0 Å². The van der Waals surface area contributed by atoms with Crippen LogP contribution in [0.5, 0.6) is 0 Å². The highest BCUT2D eigenvalue weighted by Crippen LogP contribution is 2.34. The third-order valence-electron chi connectivity index (χ3n) is 4.90. The molecule has 1 aromatic rings. The Balaban J connectivity index is 1.98. The maximum Gasteiger partial charge on any atom is 0.333 e. The minimum absolute atomic E-state index is 0.200. The van der Waals surface area contributed by atoms with Crippen molar-refractivity contribution in [2.45, 2.75) is 57.6 Å². The number of aromatic nitrogens is 2. The highest BCUT2D eigenvalue weighted by Gasteiger charge is 2.37. The molecule has 11 nitrogen and oxygen atoms in total. The van der Waals surface area contributed by atoms with Crippen LogP contribution in [0.4, 0.5) is 17.3 Å². The van der Waals surface area contributed by atoms with Crippen LogP contribution in [0.3, 0.4) is 0 Å². The number of nitrogens with zero attached hydrogens (tertiary/aromatic N) is 3. The Morgan fingerprint density at radius 1 is 1.32 bits per heavy atom. The van der Waals surface area contributed by atoms with Crippen molar-refractivity contribution in [3.05, 3.63) is 6.33 Å². The maximum atomic E-state index is 11.0. The van der Waals surface area contributed by atoms with Gasteiger partial charge in [-0.05, 0) is 19.3 Å². The first kappa shape index (κ1) is 22.6. The minimum Gasteiger partial charge on any atom is -0.393 e. The van der Waals surface area contributed by atoms with Gasteiger partial charge in [-0.3, -0.25) is 9.19 Å². The van der Waals surface area contributed by atoms with E-state index in [-0.39, 0.29) is 12.6 Å². The zero-order valence-corrected chi connectivity index (χ0v) is 16.9. The number of anilines is 3. The lowest BCUT2D eigenvalue weighted by Crippen LogP contribution is -2.41. The van der Waals surface area contributed by atoms with Gasteiger partial charge in [-0.15, -0.1) is 0 Å². The number of rotatable bonds is 11. The molecule has 0 bridgehead atoms. The van der Waals surface area contributed by atoms with Crippen molar-refractivity contribution in [3.8, 4) is 0 Å². The summed E-state index contributed by atoms with van der Waals surface area (Å²) in [6.45, 7) is 2.71. The molecule has 0 aliphatic heterocycles. The summed E-state index contributed by atoms with van der Waals surface area (Å²) < 4.78 is 26.5. The van der Waals surface area contributed by atoms with E-state index in [1.807, 2.05) is 0 Å². The quantitative estimate of drug-likeness (QED) is 0.188. The molecule has 1 fully saturated rings. The van der Waals surface area contributed by atoms with Gasteiger partial charge in [0, 0.05) is 18.5 Å². The van der Waals surface area contributed by atoms with E-state index in [1.54, 1.807) is 0 Å². The highest BCUT2D eigenvalue weighted by atomic mass is 32.2. The predicted molar refractivity (Wildman–Crippen MR) is 107 cm³/mol. The van der Waals surface area contributed by atoms with Crippen LogP contribution >= 0.6 is 0 Å². The van der Waals surface area contributed by atoms with Gasteiger partial charge in [0.05, 0.1) is 12.7 Å².